The number of nitrogens with zero attached hydrogens (tertiary/aromatic N) is 1. The van der Waals surface area contributed by atoms with Crippen LogP contribution in [0.15, 0.2) is 42.6 Å². The number of halogens is 1. The van der Waals surface area contributed by atoms with Gasteiger partial charge in [0.2, 0.25) is 0 Å². The maximum Gasteiger partial charge on any atom is 0.256 e. The van der Waals surface area contributed by atoms with E-state index in [2.05, 4.69) is 58.6 Å². The predicted molar refractivity (Wildman–Crippen MR) is 117 cm³/mol. The fourth-order valence-electron chi connectivity index (χ4n) is 3.06. The van der Waals surface area contributed by atoms with Crippen molar-refractivity contribution in [1.82, 2.24) is 4.57 Å². The molecule has 1 aromatic heterocycles. The van der Waals surface area contributed by atoms with Gasteiger partial charge in [-0.05, 0) is 64.9 Å². The number of carbonyl (C=O) groups is 1. The summed E-state index contributed by atoms with van der Waals surface area (Å²) in [7, 11) is 3.14. The Kier molecular flexibility index (Phi) is 5.94. The molecule has 1 heterocycles. The number of nitrogens with one attached hydrogen (secondary N) is 1. The molecule has 0 spiro atoms. The molecule has 0 saturated carbocycles. The van der Waals surface area contributed by atoms with Crippen molar-refractivity contribution in [2.45, 2.75) is 20.4 Å². The van der Waals surface area contributed by atoms with Gasteiger partial charge >= 0.3 is 0 Å². The Morgan fingerprint density at radius 1 is 1.11 bits per heavy atom. The normalized spacial score (nSPS) is 11.0. The van der Waals surface area contributed by atoms with Crippen molar-refractivity contribution in [1.29, 1.82) is 0 Å². The highest BCUT2D eigenvalue weighted by atomic mass is 127. The molecule has 0 fully saturated rings. The second-order valence-electron chi connectivity index (χ2n) is 6.78. The van der Waals surface area contributed by atoms with Crippen LogP contribution in [0.2, 0.25) is 0 Å². The number of carbonyl (C=O) groups excluding carboxylic acids is 1. The van der Waals surface area contributed by atoms with Crippen molar-refractivity contribution in [2.24, 2.45) is 5.92 Å². The van der Waals surface area contributed by atoms with Crippen molar-refractivity contribution in [3.63, 3.8) is 0 Å². The van der Waals surface area contributed by atoms with Crippen LogP contribution in [0, 0.1) is 9.49 Å². The van der Waals surface area contributed by atoms with E-state index < -0.39 is 0 Å². The first-order chi connectivity index (χ1) is 12.9. The molecule has 0 aliphatic rings. The Bertz CT molecular complexity index is 979. The van der Waals surface area contributed by atoms with E-state index in [-0.39, 0.29) is 5.91 Å². The molecule has 0 aliphatic heterocycles. The number of rotatable bonds is 6. The zero-order valence-electron chi connectivity index (χ0n) is 15.9. The maximum atomic E-state index is 12.8. The number of amides is 1. The Morgan fingerprint density at radius 3 is 2.48 bits per heavy atom. The molecule has 0 aliphatic carbocycles. The SMILES string of the molecule is COc1cc(I)c(C(=O)Nc2ccc3c(ccn3CC(C)C)c2)cc1OC. The number of anilines is 1. The largest absolute Gasteiger partial charge is 0.493 e. The van der Waals surface area contributed by atoms with Gasteiger partial charge in [0.05, 0.1) is 19.8 Å². The molecule has 142 valence electrons. The molecule has 0 unspecified atom stereocenters. The Labute approximate surface area is 172 Å². The highest BCUT2D eigenvalue weighted by Gasteiger charge is 2.16. The number of methoxy groups -OCH3 is 2. The van der Waals surface area contributed by atoms with Crippen LogP contribution in [-0.4, -0.2) is 24.7 Å². The van der Waals surface area contributed by atoms with Gasteiger partial charge in [-0.1, -0.05) is 13.8 Å². The van der Waals surface area contributed by atoms with Crippen molar-refractivity contribution in [2.75, 3.05) is 19.5 Å². The van der Waals surface area contributed by atoms with Gasteiger partial charge in [-0.3, -0.25) is 4.79 Å². The molecule has 2 aromatic carbocycles. The minimum atomic E-state index is -0.179. The Balaban J connectivity index is 1.86. The smallest absolute Gasteiger partial charge is 0.256 e. The van der Waals surface area contributed by atoms with Crippen LogP contribution < -0.4 is 14.8 Å². The molecule has 3 rings (SSSR count). The molecular weight excluding hydrogens is 455 g/mol. The maximum absolute atomic E-state index is 12.8. The third-order valence-electron chi connectivity index (χ3n) is 4.31. The van der Waals surface area contributed by atoms with E-state index in [1.54, 1.807) is 26.4 Å². The minimum absolute atomic E-state index is 0.179. The monoisotopic (exact) mass is 478 g/mol. The summed E-state index contributed by atoms with van der Waals surface area (Å²) < 4.78 is 13.6. The molecule has 1 N–H and O–H groups in total. The van der Waals surface area contributed by atoms with Crippen LogP contribution >= 0.6 is 22.6 Å². The Hall–Kier alpha value is -2.22. The molecule has 5 nitrogen and oxygen atoms in total. The third kappa shape index (κ3) is 4.21. The lowest BCUT2D eigenvalue weighted by Gasteiger charge is -2.12. The average molecular weight is 478 g/mol. The highest BCUT2D eigenvalue weighted by molar-refractivity contribution is 14.1. The summed E-state index contributed by atoms with van der Waals surface area (Å²) in [6.07, 6.45) is 2.09. The van der Waals surface area contributed by atoms with E-state index in [1.807, 2.05) is 18.2 Å². The first-order valence-electron chi connectivity index (χ1n) is 8.74. The fraction of sp³-hybridized carbons (Fsp3) is 0.286. The number of hydrogen-bond donors (Lipinski definition) is 1. The summed E-state index contributed by atoms with van der Waals surface area (Å²) >= 11 is 2.13. The summed E-state index contributed by atoms with van der Waals surface area (Å²) in [5.74, 6) is 1.53. The lowest BCUT2D eigenvalue weighted by atomic mass is 10.1. The first-order valence-corrected chi connectivity index (χ1v) is 9.82. The summed E-state index contributed by atoms with van der Waals surface area (Å²) in [6, 6.07) is 11.6. The predicted octanol–water partition coefficient (Wildman–Crippen LogP) is 5.17. The molecular formula is C21H23IN2O3. The summed E-state index contributed by atoms with van der Waals surface area (Å²) in [5, 5.41) is 4.09. The van der Waals surface area contributed by atoms with E-state index in [0.29, 0.717) is 23.0 Å². The summed E-state index contributed by atoms with van der Waals surface area (Å²) in [4.78, 5) is 12.8. The average Bonchev–Trinajstić information content (AvgIpc) is 3.02. The second-order valence-corrected chi connectivity index (χ2v) is 7.94. The topological polar surface area (TPSA) is 52.5 Å². The van der Waals surface area contributed by atoms with Gasteiger partial charge in [-0.25, -0.2) is 0 Å². The van der Waals surface area contributed by atoms with Gasteiger partial charge in [0.1, 0.15) is 0 Å². The molecule has 0 radical (unpaired) electrons. The van der Waals surface area contributed by atoms with Crippen LogP contribution in [-0.2, 0) is 6.54 Å². The van der Waals surface area contributed by atoms with Crippen molar-refractivity contribution in [3.05, 3.63) is 51.7 Å². The summed E-state index contributed by atoms with van der Waals surface area (Å²) in [6.45, 7) is 5.37. The van der Waals surface area contributed by atoms with Gasteiger partial charge in [-0.2, -0.15) is 0 Å². The van der Waals surface area contributed by atoms with Gasteiger partial charge in [0.15, 0.2) is 11.5 Å². The van der Waals surface area contributed by atoms with Gasteiger partial charge in [0, 0.05) is 32.9 Å². The number of hydrogen-bond acceptors (Lipinski definition) is 3. The molecule has 3 aromatic rings. The highest BCUT2D eigenvalue weighted by Crippen LogP contribution is 2.32. The van der Waals surface area contributed by atoms with Gasteiger partial charge in [0.25, 0.3) is 5.91 Å². The van der Waals surface area contributed by atoms with E-state index in [0.717, 1.165) is 21.2 Å². The zero-order chi connectivity index (χ0) is 19.6. The third-order valence-corrected chi connectivity index (χ3v) is 5.20. The van der Waals surface area contributed by atoms with Crippen molar-refractivity contribution in [3.8, 4) is 11.5 Å². The molecule has 0 atom stereocenters. The second kappa shape index (κ2) is 8.21. The number of ether oxygens (including phenoxy) is 2. The van der Waals surface area contributed by atoms with Crippen molar-refractivity contribution < 1.29 is 14.3 Å². The van der Waals surface area contributed by atoms with Crippen molar-refractivity contribution >= 4 is 45.1 Å². The van der Waals surface area contributed by atoms with Crippen LogP contribution in [0.4, 0.5) is 5.69 Å². The van der Waals surface area contributed by atoms with E-state index >= 15 is 0 Å². The molecule has 1 amide bonds. The zero-order valence-corrected chi connectivity index (χ0v) is 18.0. The molecule has 0 saturated heterocycles. The van der Waals surface area contributed by atoms with E-state index in [9.17, 15) is 4.79 Å². The van der Waals surface area contributed by atoms with E-state index in [1.165, 1.54) is 5.52 Å². The Morgan fingerprint density at radius 2 is 1.81 bits per heavy atom. The number of fused-ring (bicyclic) bond motifs is 1. The lowest BCUT2D eigenvalue weighted by Crippen LogP contribution is -2.14. The van der Waals surface area contributed by atoms with Crippen LogP contribution in [0.1, 0.15) is 24.2 Å². The summed E-state index contributed by atoms with van der Waals surface area (Å²) in [5.41, 5.74) is 2.48. The van der Waals surface area contributed by atoms with Crippen LogP contribution in [0.3, 0.4) is 0 Å². The van der Waals surface area contributed by atoms with Crippen LogP contribution in [0.5, 0.6) is 11.5 Å². The first kappa shape index (κ1) is 19.5. The number of benzene rings is 2. The van der Waals surface area contributed by atoms with Crippen LogP contribution in [0.25, 0.3) is 10.9 Å². The molecule has 27 heavy (non-hydrogen) atoms. The lowest BCUT2D eigenvalue weighted by molar-refractivity contribution is 0.102. The number of aromatic nitrogens is 1. The minimum Gasteiger partial charge on any atom is -0.493 e. The molecule has 0 bridgehead atoms. The molecule has 6 heteroatoms. The van der Waals surface area contributed by atoms with Gasteiger partial charge in [-0.15, -0.1) is 0 Å². The van der Waals surface area contributed by atoms with Gasteiger partial charge < -0.3 is 19.4 Å². The quantitative estimate of drug-likeness (QED) is 0.498. The standard InChI is InChI=1S/C21H23IN2O3/c1-13(2)12-24-8-7-14-9-15(5-6-18(14)24)23-21(25)16-10-19(26-3)20(27-4)11-17(16)22/h5-11,13H,12H2,1-4H3,(H,23,25). The fourth-order valence-corrected chi connectivity index (χ4v) is 3.74. The van der Waals surface area contributed by atoms with E-state index in [4.69, 9.17) is 9.47 Å².